The van der Waals surface area contributed by atoms with E-state index in [1.54, 1.807) is 30.3 Å². The topological polar surface area (TPSA) is 96.0 Å². The predicted octanol–water partition coefficient (Wildman–Crippen LogP) is 0.976. The Labute approximate surface area is 112 Å². The van der Waals surface area contributed by atoms with E-state index in [9.17, 15) is 8.42 Å². The first kappa shape index (κ1) is 13.8. The molecule has 1 aliphatic carbocycles. The van der Waals surface area contributed by atoms with Gasteiger partial charge in [0.1, 0.15) is 5.84 Å². The number of oxime groups is 1. The molecule has 2 rings (SSSR count). The number of hydrogen-bond donors (Lipinski definition) is 2. The van der Waals surface area contributed by atoms with Crippen molar-refractivity contribution in [3.05, 3.63) is 30.3 Å². The Kier molecular flexibility index (Phi) is 4.06. The summed E-state index contributed by atoms with van der Waals surface area (Å²) in [7, 11) is -3.50. The second-order valence-corrected chi connectivity index (χ2v) is 6.39. The highest BCUT2D eigenvalue weighted by molar-refractivity contribution is 7.89. The van der Waals surface area contributed by atoms with Crippen molar-refractivity contribution in [2.45, 2.75) is 30.2 Å². The van der Waals surface area contributed by atoms with E-state index >= 15 is 0 Å². The van der Waals surface area contributed by atoms with Crippen LogP contribution < -0.4 is 5.73 Å². The van der Waals surface area contributed by atoms with Crippen LogP contribution in [0.3, 0.4) is 0 Å². The Bertz CT molecular complexity index is 553. The highest BCUT2D eigenvalue weighted by Gasteiger charge is 2.37. The second kappa shape index (κ2) is 5.58. The Hall–Kier alpha value is -1.60. The summed E-state index contributed by atoms with van der Waals surface area (Å²) in [4.78, 5) is 0.279. The molecule has 1 aromatic carbocycles. The first-order chi connectivity index (χ1) is 9.05. The van der Waals surface area contributed by atoms with Gasteiger partial charge in [-0.25, -0.2) is 8.42 Å². The van der Waals surface area contributed by atoms with Crippen molar-refractivity contribution in [2.75, 3.05) is 6.54 Å². The molecular formula is C12H17N3O3S. The number of benzene rings is 1. The van der Waals surface area contributed by atoms with E-state index in [1.165, 1.54) is 4.31 Å². The number of sulfonamides is 1. The molecule has 0 saturated heterocycles. The van der Waals surface area contributed by atoms with Crippen LogP contribution in [-0.2, 0) is 10.0 Å². The highest BCUT2D eigenvalue weighted by Crippen LogP contribution is 2.32. The third kappa shape index (κ3) is 3.24. The Morgan fingerprint density at radius 2 is 2.00 bits per heavy atom. The third-order valence-corrected chi connectivity index (χ3v) is 4.99. The minimum Gasteiger partial charge on any atom is -0.409 e. The van der Waals surface area contributed by atoms with Crippen LogP contribution in [0.4, 0.5) is 0 Å². The Balaban J connectivity index is 2.19. The molecule has 0 spiro atoms. The van der Waals surface area contributed by atoms with Crippen molar-refractivity contribution in [3.63, 3.8) is 0 Å². The molecule has 1 saturated carbocycles. The van der Waals surface area contributed by atoms with E-state index in [1.807, 2.05) is 0 Å². The summed E-state index contributed by atoms with van der Waals surface area (Å²) in [5.41, 5.74) is 5.40. The summed E-state index contributed by atoms with van der Waals surface area (Å²) in [6.07, 6.45) is 1.95. The van der Waals surface area contributed by atoms with Crippen molar-refractivity contribution in [1.29, 1.82) is 0 Å². The van der Waals surface area contributed by atoms with E-state index < -0.39 is 10.0 Å². The van der Waals surface area contributed by atoms with Crippen molar-refractivity contribution in [3.8, 4) is 0 Å². The van der Waals surface area contributed by atoms with E-state index in [-0.39, 0.29) is 29.7 Å². The number of amidine groups is 1. The average molecular weight is 283 g/mol. The van der Waals surface area contributed by atoms with Gasteiger partial charge in [0.05, 0.1) is 4.90 Å². The maximum atomic E-state index is 12.5. The molecule has 104 valence electrons. The number of nitrogens with two attached hydrogens (primary N) is 1. The van der Waals surface area contributed by atoms with Gasteiger partial charge >= 0.3 is 0 Å². The number of nitrogens with zero attached hydrogens (tertiary/aromatic N) is 2. The number of rotatable bonds is 6. The van der Waals surface area contributed by atoms with E-state index in [0.29, 0.717) is 0 Å². The van der Waals surface area contributed by atoms with Crippen LogP contribution in [0.15, 0.2) is 40.4 Å². The maximum Gasteiger partial charge on any atom is 0.243 e. The van der Waals surface area contributed by atoms with Crippen LogP contribution in [-0.4, -0.2) is 36.4 Å². The van der Waals surface area contributed by atoms with Gasteiger partial charge in [-0.2, -0.15) is 4.31 Å². The molecule has 0 atom stereocenters. The van der Waals surface area contributed by atoms with E-state index in [0.717, 1.165) is 12.8 Å². The fourth-order valence-corrected chi connectivity index (χ4v) is 3.57. The molecule has 0 bridgehead atoms. The van der Waals surface area contributed by atoms with Gasteiger partial charge in [0.25, 0.3) is 0 Å². The molecule has 0 unspecified atom stereocenters. The van der Waals surface area contributed by atoms with Crippen LogP contribution in [0.2, 0.25) is 0 Å². The summed E-state index contributed by atoms with van der Waals surface area (Å²) in [6.45, 7) is 0.234. The Morgan fingerprint density at radius 3 is 2.53 bits per heavy atom. The minimum absolute atomic E-state index is 0.0360. The van der Waals surface area contributed by atoms with Crippen molar-refractivity contribution in [2.24, 2.45) is 10.9 Å². The fourth-order valence-electron chi connectivity index (χ4n) is 1.86. The lowest BCUT2D eigenvalue weighted by atomic mass is 10.4. The molecule has 0 aromatic heterocycles. The summed E-state index contributed by atoms with van der Waals surface area (Å²) in [6, 6.07) is 8.36. The monoisotopic (exact) mass is 283 g/mol. The normalized spacial score (nSPS) is 16.8. The minimum atomic E-state index is -3.50. The van der Waals surface area contributed by atoms with Crippen LogP contribution in [0.1, 0.15) is 19.3 Å². The molecule has 0 radical (unpaired) electrons. The molecule has 1 aromatic rings. The summed E-state index contributed by atoms with van der Waals surface area (Å²) in [5.74, 6) is 0.0360. The van der Waals surface area contributed by atoms with Gasteiger partial charge in [0, 0.05) is 19.0 Å². The largest absolute Gasteiger partial charge is 0.409 e. The fraction of sp³-hybridized carbons (Fsp3) is 0.417. The van der Waals surface area contributed by atoms with Crippen LogP contribution in [0, 0.1) is 0 Å². The SMILES string of the molecule is N/C(CCN(C1CC1)S(=O)(=O)c1ccccc1)=N/O. The first-order valence-electron chi connectivity index (χ1n) is 6.09. The van der Waals surface area contributed by atoms with Crippen molar-refractivity contribution < 1.29 is 13.6 Å². The summed E-state index contributed by atoms with van der Waals surface area (Å²) >= 11 is 0. The van der Waals surface area contributed by atoms with E-state index in [2.05, 4.69) is 5.16 Å². The molecule has 7 heteroatoms. The van der Waals surface area contributed by atoms with E-state index in [4.69, 9.17) is 10.9 Å². The maximum absolute atomic E-state index is 12.5. The quantitative estimate of drug-likeness (QED) is 0.352. The second-order valence-electron chi connectivity index (χ2n) is 4.50. The zero-order valence-electron chi connectivity index (χ0n) is 10.4. The zero-order valence-corrected chi connectivity index (χ0v) is 11.3. The van der Waals surface area contributed by atoms with Crippen LogP contribution >= 0.6 is 0 Å². The Morgan fingerprint density at radius 1 is 1.37 bits per heavy atom. The molecule has 0 aliphatic heterocycles. The molecule has 3 N–H and O–H groups in total. The third-order valence-electron chi connectivity index (χ3n) is 3.02. The van der Waals surface area contributed by atoms with Gasteiger partial charge < -0.3 is 10.9 Å². The molecule has 6 nitrogen and oxygen atoms in total. The van der Waals surface area contributed by atoms with Crippen molar-refractivity contribution in [1.82, 2.24) is 4.31 Å². The molecule has 19 heavy (non-hydrogen) atoms. The summed E-state index contributed by atoms with van der Waals surface area (Å²) in [5, 5.41) is 11.4. The van der Waals surface area contributed by atoms with Crippen molar-refractivity contribution >= 4 is 15.9 Å². The smallest absolute Gasteiger partial charge is 0.243 e. The summed E-state index contributed by atoms with van der Waals surface area (Å²) < 4.78 is 26.4. The van der Waals surface area contributed by atoms with Crippen LogP contribution in [0.25, 0.3) is 0 Å². The van der Waals surface area contributed by atoms with Gasteiger partial charge in [-0.15, -0.1) is 0 Å². The predicted molar refractivity (Wildman–Crippen MR) is 71.4 cm³/mol. The zero-order chi connectivity index (χ0) is 13.9. The van der Waals surface area contributed by atoms with Gasteiger partial charge in [0.2, 0.25) is 10.0 Å². The lowest BCUT2D eigenvalue weighted by Crippen LogP contribution is -2.35. The lowest BCUT2D eigenvalue weighted by molar-refractivity contribution is 0.315. The average Bonchev–Trinajstić information content (AvgIpc) is 3.24. The van der Waals surface area contributed by atoms with Gasteiger partial charge in [0.15, 0.2) is 0 Å². The standard InChI is InChI=1S/C12H17N3O3S/c13-12(14-16)8-9-15(10-6-7-10)19(17,18)11-4-2-1-3-5-11/h1-5,10,16H,6-9H2,(H2,13,14). The molecule has 0 heterocycles. The highest BCUT2D eigenvalue weighted by atomic mass is 32.2. The van der Waals surface area contributed by atoms with Gasteiger partial charge in [-0.1, -0.05) is 23.4 Å². The molecule has 1 fully saturated rings. The molecule has 0 amide bonds. The molecule has 1 aliphatic rings. The van der Waals surface area contributed by atoms with Gasteiger partial charge in [-0.3, -0.25) is 0 Å². The number of hydrogen-bond acceptors (Lipinski definition) is 4. The molecular weight excluding hydrogens is 266 g/mol. The lowest BCUT2D eigenvalue weighted by Gasteiger charge is -2.21. The van der Waals surface area contributed by atoms with Gasteiger partial charge in [-0.05, 0) is 25.0 Å². The van der Waals surface area contributed by atoms with Crippen LogP contribution in [0.5, 0.6) is 0 Å². The first-order valence-corrected chi connectivity index (χ1v) is 7.53.